The van der Waals surface area contributed by atoms with Crippen molar-refractivity contribution in [2.75, 3.05) is 40.0 Å². The van der Waals surface area contributed by atoms with Gasteiger partial charge in [0.05, 0.1) is 20.3 Å². The van der Waals surface area contributed by atoms with Crippen molar-refractivity contribution >= 4 is 0 Å². The molecule has 0 spiro atoms. The molecule has 1 atom stereocenters. The maximum Gasteiger partial charge on any atom is 0.123 e. The Bertz CT molecular complexity index is 448. The van der Waals surface area contributed by atoms with Crippen molar-refractivity contribution in [2.24, 2.45) is 0 Å². The lowest BCUT2D eigenvalue weighted by Crippen LogP contribution is -2.55. The summed E-state index contributed by atoms with van der Waals surface area (Å²) < 4.78 is 11.2. The molecule has 4 heteroatoms. The molecule has 0 bridgehead atoms. The Morgan fingerprint density at radius 2 is 2.14 bits per heavy atom. The number of nitrogens with one attached hydrogen (secondary N) is 1. The van der Waals surface area contributed by atoms with Gasteiger partial charge in [0, 0.05) is 30.2 Å². The summed E-state index contributed by atoms with van der Waals surface area (Å²) in [6.07, 6.45) is 0. The third-order valence-electron chi connectivity index (χ3n) is 4.18. The number of ether oxygens (including phenoxy) is 2. The van der Waals surface area contributed by atoms with E-state index >= 15 is 0 Å². The molecule has 0 amide bonds. The molecule has 0 aliphatic carbocycles. The van der Waals surface area contributed by atoms with E-state index in [0.717, 1.165) is 38.6 Å². The van der Waals surface area contributed by atoms with Crippen LogP contribution in [0, 0.1) is 0 Å². The molecule has 1 fully saturated rings. The van der Waals surface area contributed by atoms with Gasteiger partial charge in [-0.15, -0.1) is 0 Å². The van der Waals surface area contributed by atoms with Gasteiger partial charge < -0.3 is 14.8 Å². The predicted octanol–water partition coefficient (Wildman–Crippen LogP) is 2.46. The summed E-state index contributed by atoms with van der Waals surface area (Å²) in [5.41, 5.74) is 1.30. The molecule has 21 heavy (non-hydrogen) atoms. The van der Waals surface area contributed by atoms with Crippen LogP contribution in [0.1, 0.15) is 32.4 Å². The topological polar surface area (TPSA) is 33.7 Å². The average Bonchev–Trinajstić information content (AvgIpc) is 2.48. The number of likely N-dealkylation sites (N-methyl/N-ethyl adjacent to an activating group) is 1. The van der Waals surface area contributed by atoms with Crippen LogP contribution in [0.15, 0.2) is 24.3 Å². The van der Waals surface area contributed by atoms with Crippen molar-refractivity contribution in [1.82, 2.24) is 10.2 Å². The second-order valence-electron chi connectivity index (χ2n) is 6.16. The molecule has 0 saturated carbocycles. The highest BCUT2D eigenvalue weighted by atomic mass is 16.5. The van der Waals surface area contributed by atoms with Gasteiger partial charge in [0.15, 0.2) is 0 Å². The summed E-state index contributed by atoms with van der Waals surface area (Å²) >= 11 is 0. The summed E-state index contributed by atoms with van der Waals surface area (Å²) in [4.78, 5) is 2.51. The van der Waals surface area contributed by atoms with E-state index in [1.807, 2.05) is 12.1 Å². The molecule has 0 radical (unpaired) electrons. The van der Waals surface area contributed by atoms with E-state index in [0.29, 0.717) is 0 Å². The minimum atomic E-state index is 0.0773. The van der Waals surface area contributed by atoms with Gasteiger partial charge in [-0.25, -0.2) is 0 Å². The number of hydrogen-bond acceptors (Lipinski definition) is 4. The molecule has 1 heterocycles. The number of para-hydroxylation sites is 1. The van der Waals surface area contributed by atoms with Crippen LogP contribution >= 0.6 is 0 Å². The van der Waals surface area contributed by atoms with E-state index in [1.54, 1.807) is 7.11 Å². The van der Waals surface area contributed by atoms with Crippen LogP contribution < -0.4 is 10.1 Å². The number of rotatable bonds is 6. The Hall–Kier alpha value is -1.10. The normalized spacial score (nSPS) is 20.2. The summed E-state index contributed by atoms with van der Waals surface area (Å²) in [6, 6.07) is 8.55. The molecule has 1 aliphatic heterocycles. The van der Waals surface area contributed by atoms with Crippen LogP contribution in [0.2, 0.25) is 0 Å². The van der Waals surface area contributed by atoms with Gasteiger partial charge in [-0.1, -0.05) is 25.1 Å². The number of benzene rings is 1. The molecule has 1 aliphatic rings. The molecular weight excluding hydrogens is 264 g/mol. The van der Waals surface area contributed by atoms with Crippen LogP contribution in [0.25, 0.3) is 0 Å². The fourth-order valence-corrected chi connectivity index (χ4v) is 2.92. The molecule has 4 nitrogen and oxygen atoms in total. The van der Waals surface area contributed by atoms with E-state index in [-0.39, 0.29) is 11.6 Å². The third-order valence-corrected chi connectivity index (χ3v) is 4.18. The van der Waals surface area contributed by atoms with E-state index < -0.39 is 0 Å². The molecule has 1 unspecified atom stereocenters. The predicted molar refractivity (Wildman–Crippen MR) is 85.9 cm³/mol. The Kier molecular flexibility index (Phi) is 5.62. The summed E-state index contributed by atoms with van der Waals surface area (Å²) in [5.74, 6) is 0.953. The summed E-state index contributed by atoms with van der Waals surface area (Å²) in [5, 5.41) is 3.60. The smallest absolute Gasteiger partial charge is 0.123 e. The highest BCUT2D eigenvalue weighted by Gasteiger charge is 2.32. The van der Waals surface area contributed by atoms with Crippen molar-refractivity contribution < 1.29 is 9.47 Å². The number of nitrogens with zero attached hydrogens (tertiary/aromatic N) is 1. The van der Waals surface area contributed by atoms with Crippen molar-refractivity contribution in [3.8, 4) is 5.75 Å². The van der Waals surface area contributed by atoms with Gasteiger partial charge in [-0.3, -0.25) is 4.90 Å². The van der Waals surface area contributed by atoms with Crippen LogP contribution in [-0.2, 0) is 4.74 Å². The quantitative estimate of drug-likeness (QED) is 0.873. The van der Waals surface area contributed by atoms with Crippen molar-refractivity contribution in [1.29, 1.82) is 0 Å². The maximum atomic E-state index is 5.62. The Balaban J connectivity index is 2.18. The van der Waals surface area contributed by atoms with Crippen molar-refractivity contribution in [3.05, 3.63) is 29.8 Å². The number of hydrogen-bond donors (Lipinski definition) is 1. The third kappa shape index (κ3) is 3.96. The van der Waals surface area contributed by atoms with E-state index in [1.165, 1.54) is 5.56 Å². The fraction of sp³-hybridized carbons (Fsp3) is 0.647. The first-order chi connectivity index (χ1) is 10.1. The molecular formula is C17H28N2O2. The molecule has 118 valence electrons. The maximum absolute atomic E-state index is 5.62. The van der Waals surface area contributed by atoms with Crippen LogP contribution in [0.4, 0.5) is 0 Å². The second kappa shape index (κ2) is 7.25. The van der Waals surface area contributed by atoms with Gasteiger partial charge in [0.2, 0.25) is 0 Å². The fourth-order valence-electron chi connectivity index (χ4n) is 2.92. The lowest BCUT2D eigenvalue weighted by atomic mass is 9.98. The van der Waals surface area contributed by atoms with Gasteiger partial charge in [-0.2, -0.15) is 0 Å². The molecule has 2 rings (SSSR count). The first-order valence-electron chi connectivity index (χ1n) is 7.77. The van der Waals surface area contributed by atoms with Crippen molar-refractivity contribution in [2.45, 2.75) is 32.4 Å². The molecule has 0 aromatic heterocycles. The van der Waals surface area contributed by atoms with E-state index in [2.05, 4.69) is 43.1 Å². The average molecular weight is 292 g/mol. The largest absolute Gasteiger partial charge is 0.496 e. The lowest BCUT2D eigenvalue weighted by Gasteiger charge is -2.44. The highest BCUT2D eigenvalue weighted by molar-refractivity contribution is 5.36. The number of morpholine rings is 1. The Morgan fingerprint density at radius 3 is 2.81 bits per heavy atom. The second-order valence-corrected chi connectivity index (χ2v) is 6.16. The van der Waals surface area contributed by atoms with Gasteiger partial charge in [0.25, 0.3) is 0 Å². The Morgan fingerprint density at radius 1 is 1.38 bits per heavy atom. The van der Waals surface area contributed by atoms with Crippen LogP contribution in [0.5, 0.6) is 5.75 Å². The Labute approximate surface area is 128 Å². The first-order valence-corrected chi connectivity index (χ1v) is 7.77. The van der Waals surface area contributed by atoms with E-state index in [4.69, 9.17) is 9.47 Å². The monoisotopic (exact) mass is 292 g/mol. The van der Waals surface area contributed by atoms with Gasteiger partial charge in [-0.05, 0) is 26.5 Å². The van der Waals surface area contributed by atoms with Crippen LogP contribution in [0.3, 0.4) is 0 Å². The zero-order valence-corrected chi connectivity index (χ0v) is 13.7. The SMILES string of the molecule is CCNC(CN1CCOCC1(C)C)c1ccccc1OC. The molecule has 1 aromatic carbocycles. The highest BCUT2D eigenvalue weighted by Crippen LogP contribution is 2.28. The van der Waals surface area contributed by atoms with Gasteiger partial charge >= 0.3 is 0 Å². The standard InChI is InChI=1S/C17H28N2O2/c1-5-18-15(14-8-6-7-9-16(14)20-4)12-19-10-11-21-13-17(19,2)3/h6-9,15,18H,5,10-13H2,1-4H3. The molecule has 1 N–H and O–H groups in total. The zero-order chi connectivity index (χ0) is 15.3. The first kappa shape index (κ1) is 16.3. The minimum absolute atomic E-state index is 0.0773. The van der Waals surface area contributed by atoms with Crippen molar-refractivity contribution in [3.63, 3.8) is 0 Å². The van der Waals surface area contributed by atoms with E-state index in [9.17, 15) is 0 Å². The minimum Gasteiger partial charge on any atom is -0.496 e. The molecule has 1 saturated heterocycles. The molecule has 1 aromatic rings. The number of methoxy groups -OCH3 is 1. The summed E-state index contributed by atoms with van der Waals surface area (Å²) in [7, 11) is 1.74. The van der Waals surface area contributed by atoms with Crippen LogP contribution in [-0.4, -0.2) is 50.4 Å². The zero-order valence-electron chi connectivity index (χ0n) is 13.7. The lowest BCUT2D eigenvalue weighted by molar-refractivity contribution is -0.0546. The summed E-state index contributed by atoms with van der Waals surface area (Å²) in [6.45, 7) is 11.1. The van der Waals surface area contributed by atoms with Gasteiger partial charge in [0.1, 0.15) is 5.75 Å².